The van der Waals surface area contributed by atoms with Crippen molar-refractivity contribution in [1.29, 1.82) is 0 Å². The molecule has 1 aliphatic rings. The van der Waals surface area contributed by atoms with Crippen molar-refractivity contribution >= 4 is 10.0 Å². The minimum absolute atomic E-state index is 0.0978. The summed E-state index contributed by atoms with van der Waals surface area (Å²) >= 11 is 0. The molecule has 1 aromatic rings. The number of hydrogen-bond donors (Lipinski definition) is 1. The van der Waals surface area contributed by atoms with E-state index in [1.165, 1.54) is 0 Å². The zero-order valence-corrected chi connectivity index (χ0v) is 10.8. The quantitative estimate of drug-likeness (QED) is 0.868. The monoisotopic (exact) mass is 254 g/mol. The van der Waals surface area contributed by atoms with Crippen molar-refractivity contribution < 1.29 is 8.42 Å². The molecule has 0 amide bonds. The number of nitrogens with one attached hydrogen (secondary N) is 1. The fourth-order valence-electron chi connectivity index (χ4n) is 2.03. The average molecular weight is 254 g/mol. The van der Waals surface area contributed by atoms with Crippen LogP contribution in [0.3, 0.4) is 0 Å². The van der Waals surface area contributed by atoms with E-state index in [0.717, 1.165) is 12.1 Å². The second-order valence-electron chi connectivity index (χ2n) is 4.46. The Morgan fingerprint density at radius 1 is 1.35 bits per heavy atom. The highest BCUT2D eigenvalue weighted by Crippen LogP contribution is 2.12. The van der Waals surface area contributed by atoms with Crippen molar-refractivity contribution in [2.75, 3.05) is 19.6 Å². The molecule has 1 fully saturated rings. The van der Waals surface area contributed by atoms with Crippen LogP contribution in [0.4, 0.5) is 0 Å². The van der Waals surface area contributed by atoms with E-state index in [2.05, 4.69) is 5.32 Å². The van der Waals surface area contributed by atoms with Gasteiger partial charge in [-0.15, -0.1) is 0 Å². The lowest BCUT2D eigenvalue weighted by Gasteiger charge is -2.31. The highest BCUT2D eigenvalue weighted by molar-refractivity contribution is 7.88. The van der Waals surface area contributed by atoms with Crippen molar-refractivity contribution in [2.24, 2.45) is 0 Å². The van der Waals surface area contributed by atoms with Gasteiger partial charge in [-0.05, 0) is 12.5 Å². The fraction of sp³-hybridized carbons (Fsp3) is 0.500. The van der Waals surface area contributed by atoms with Gasteiger partial charge in [0, 0.05) is 25.7 Å². The van der Waals surface area contributed by atoms with Crippen molar-refractivity contribution in [3.63, 3.8) is 0 Å². The maximum absolute atomic E-state index is 12.2. The SMILES string of the molecule is C[C@H]1CN(S(=O)(=O)Cc2ccccc2)CCN1. The van der Waals surface area contributed by atoms with E-state index in [0.29, 0.717) is 13.1 Å². The van der Waals surface area contributed by atoms with Crippen LogP contribution in [-0.4, -0.2) is 38.4 Å². The van der Waals surface area contributed by atoms with Crippen LogP contribution in [0.15, 0.2) is 30.3 Å². The van der Waals surface area contributed by atoms with Gasteiger partial charge in [0.25, 0.3) is 0 Å². The molecule has 0 radical (unpaired) electrons. The van der Waals surface area contributed by atoms with Crippen LogP contribution < -0.4 is 5.32 Å². The van der Waals surface area contributed by atoms with Gasteiger partial charge in [-0.25, -0.2) is 8.42 Å². The third-order valence-electron chi connectivity index (χ3n) is 2.92. The third-order valence-corrected chi connectivity index (χ3v) is 4.73. The predicted molar refractivity (Wildman–Crippen MR) is 68.1 cm³/mol. The van der Waals surface area contributed by atoms with Crippen LogP contribution in [0.2, 0.25) is 0 Å². The van der Waals surface area contributed by atoms with Crippen LogP contribution in [0.1, 0.15) is 12.5 Å². The highest BCUT2D eigenvalue weighted by Gasteiger charge is 2.26. The average Bonchev–Trinajstić information content (AvgIpc) is 2.30. The second-order valence-corrected chi connectivity index (χ2v) is 6.42. The van der Waals surface area contributed by atoms with Crippen molar-refractivity contribution in [2.45, 2.75) is 18.7 Å². The maximum atomic E-state index is 12.2. The second kappa shape index (κ2) is 5.16. The van der Waals surface area contributed by atoms with Gasteiger partial charge >= 0.3 is 0 Å². The largest absolute Gasteiger partial charge is 0.312 e. The Hall–Kier alpha value is -0.910. The first-order valence-electron chi connectivity index (χ1n) is 5.83. The Morgan fingerprint density at radius 2 is 2.06 bits per heavy atom. The number of hydrogen-bond acceptors (Lipinski definition) is 3. The number of sulfonamides is 1. The predicted octanol–water partition coefficient (Wildman–Crippen LogP) is 0.810. The first kappa shape index (κ1) is 12.5. The lowest BCUT2D eigenvalue weighted by Crippen LogP contribution is -2.51. The van der Waals surface area contributed by atoms with Crippen LogP contribution >= 0.6 is 0 Å². The van der Waals surface area contributed by atoms with Gasteiger partial charge in [0.2, 0.25) is 10.0 Å². The summed E-state index contributed by atoms with van der Waals surface area (Å²) in [5.74, 6) is 0.0978. The molecule has 4 nitrogen and oxygen atoms in total. The number of rotatable bonds is 3. The molecular weight excluding hydrogens is 236 g/mol. The summed E-state index contributed by atoms with van der Waals surface area (Å²) in [6.07, 6.45) is 0. The number of piperazine rings is 1. The molecule has 0 unspecified atom stereocenters. The van der Waals surface area contributed by atoms with Gasteiger partial charge in [-0.2, -0.15) is 4.31 Å². The molecule has 0 aliphatic carbocycles. The zero-order valence-electron chi connectivity index (χ0n) is 9.96. The molecule has 2 rings (SSSR count). The van der Waals surface area contributed by atoms with E-state index >= 15 is 0 Å². The smallest absolute Gasteiger partial charge is 0.218 e. The van der Waals surface area contributed by atoms with Crippen LogP contribution in [-0.2, 0) is 15.8 Å². The molecule has 0 spiro atoms. The van der Waals surface area contributed by atoms with Crippen LogP contribution in [0, 0.1) is 0 Å². The summed E-state index contributed by atoms with van der Waals surface area (Å²) in [6, 6.07) is 9.56. The highest BCUT2D eigenvalue weighted by atomic mass is 32.2. The molecular formula is C12H18N2O2S. The Kier molecular flexibility index (Phi) is 3.81. The molecule has 5 heteroatoms. The van der Waals surface area contributed by atoms with Gasteiger partial charge in [0.15, 0.2) is 0 Å². The summed E-state index contributed by atoms with van der Waals surface area (Å²) in [4.78, 5) is 0. The Labute approximate surface area is 103 Å². The summed E-state index contributed by atoms with van der Waals surface area (Å²) in [7, 11) is -3.18. The minimum atomic E-state index is -3.18. The number of nitrogens with zero attached hydrogens (tertiary/aromatic N) is 1. The summed E-state index contributed by atoms with van der Waals surface area (Å²) in [5, 5.41) is 3.24. The zero-order chi connectivity index (χ0) is 12.3. The minimum Gasteiger partial charge on any atom is -0.312 e. The Balaban J connectivity index is 2.08. The van der Waals surface area contributed by atoms with Crippen molar-refractivity contribution in [3.05, 3.63) is 35.9 Å². The normalized spacial score (nSPS) is 22.5. The van der Waals surface area contributed by atoms with E-state index in [1.807, 2.05) is 37.3 Å². The molecule has 1 atom stereocenters. The van der Waals surface area contributed by atoms with E-state index in [-0.39, 0.29) is 11.8 Å². The van der Waals surface area contributed by atoms with E-state index in [4.69, 9.17) is 0 Å². The lowest BCUT2D eigenvalue weighted by molar-refractivity contribution is 0.310. The molecule has 1 aromatic carbocycles. The topological polar surface area (TPSA) is 49.4 Å². The van der Waals surface area contributed by atoms with Gasteiger partial charge in [0.05, 0.1) is 5.75 Å². The Morgan fingerprint density at radius 3 is 2.71 bits per heavy atom. The molecule has 1 heterocycles. The van der Waals surface area contributed by atoms with E-state index < -0.39 is 10.0 Å². The summed E-state index contributed by atoms with van der Waals surface area (Å²) < 4.78 is 26.0. The van der Waals surface area contributed by atoms with Gasteiger partial charge in [-0.1, -0.05) is 30.3 Å². The standard InChI is InChI=1S/C12H18N2O2S/c1-11-9-14(8-7-13-11)17(15,16)10-12-5-3-2-4-6-12/h2-6,11,13H,7-10H2,1H3/t11-/m0/s1. The van der Waals surface area contributed by atoms with Crippen LogP contribution in [0.25, 0.3) is 0 Å². The lowest BCUT2D eigenvalue weighted by atomic mass is 10.2. The number of benzene rings is 1. The molecule has 1 saturated heterocycles. The van der Waals surface area contributed by atoms with E-state index in [1.54, 1.807) is 4.31 Å². The first-order chi connectivity index (χ1) is 8.08. The molecule has 1 N–H and O–H groups in total. The van der Waals surface area contributed by atoms with Gasteiger partial charge in [-0.3, -0.25) is 0 Å². The third kappa shape index (κ3) is 3.28. The van der Waals surface area contributed by atoms with Crippen LogP contribution in [0.5, 0.6) is 0 Å². The molecule has 1 aliphatic heterocycles. The molecule has 17 heavy (non-hydrogen) atoms. The molecule has 0 bridgehead atoms. The summed E-state index contributed by atoms with van der Waals surface area (Å²) in [6.45, 7) is 3.87. The van der Waals surface area contributed by atoms with Gasteiger partial charge < -0.3 is 5.32 Å². The van der Waals surface area contributed by atoms with Crippen molar-refractivity contribution in [1.82, 2.24) is 9.62 Å². The summed E-state index contributed by atoms with van der Waals surface area (Å²) in [5.41, 5.74) is 0.846. The maximum Gasteiger partial charge on any atom is 0.218 e. The van der Waals surface area contributed by atoms with Gasteiger partial charge in [0.1, 0.15) is 0 Å². The first-order valence-corrected chi connectivity index (χ1v) is 7.44. The molecule has 0 saturated carbocycles. The molecule has 94 valence electrons. The van der Waals surface area contributed by atoms with Crippen molar-refractivity contribution in [3.8, 4) is 0 Å². The molecule has 0 aromatic heterocycles. The van der Waals surface area contributed by atoms with E-state index in [9.17, 15) is 8.42 Å². The Bertz CT molecular complexity index is 459. The fourth-order valence-corrected chi connectivity index (χ4v) is 3.64.